The SMILES string of the molecule is CN(C)c1c(Cl)cccc1NS(=O)(=O)CC(=O)O. The van der Waals surface area contributed by atoms with Crippen LogP contribution in [0.4, 0.5) is 11.4 Å². The number of carboxylic acid groups (broad SMARTS) is 1. The first kappa shape index (κ1) is 14.6. The first-order chi connectivity index (χ1) is 8.23. The summed E-state index contributed by atoms with van der Waals surface area (Å²) in [5.41, 5.74) is 0.724. The van der Waals surface area contributed by atoms with Gasteiger partial charge >= 0.3 is 5.97 Å². The Kier molecular flexibility index (Phi) is 4.42. The number of hydrogen-bond acceptors (Lipinski definition) is 4. The van der Waals surface area contributed by atoms with Gasteiger partial charge in [0.05, 0.1) is 16.4 Å². The second-order valence-corrected chi connectivity index (χ2v) is 5.91. The molecule has 2 N–H and O–H groups in total. The van der Waals surface area contributed by atoms with Crippen LogP contribution in [0.2, 0.25) is 5.02 Å². The van der Waals surface area contributed by atoms with Gasteiger partial charge in [-0.3, -0.25) is 9.52 Å². The zero-order valence-electron chi connectivity index (χ0n) is 9.84. The smallest absolute Gasteiger partial charge is 0.320 e. The maximum Gasteiger partial charge on any atom is 0.320 e. The lowest BCUT2D eigenvalue weighted by atomic mass is 10.2. The van der Waals surface area contributed by atoms with E-state index in [1.807, 2.05) is 0 Å². The molecule has 1 rings (SSSR count). The fraction of sp³-hybridized carbons (Fsp3) is 0.300. The number of nitrogens with zero attached hydrogens (tertiary/aromatic N) is 1. The van der Waals surface area contributed by atoms with E-state index in [1.54, 1.807) is 31.1 Å². The Hall–Kier alpha value is -1.47. The Balaban J connectivity index is 3.12. The summed E-state index contributed by atoms with van der Waals surface area (Å²) >= 11 is 5.97. The Labute approximate surface area is 110 Å². The zero-order chi connectivity index (χ0) is 13.9. The maximum atomic E-state index is 11.5. The van der Waals surface area contributed by atoms with Gasteiger partial charge in [0.2, 0.25) is 10.0 Å². The first-order valence-corrected chi connectivity index (χ1v) is 6.94. The van der Waals surface area contributed by atoms with Crippen molar-refractivity contribution in [3.8, 4) is 0 Å². The van der Waals surface area contributed by atoms with Gasteiger partial charge in [-0.25, -0.2) is 8.42 Å². The lowest BCUT2D eigenvalue weighted by Crippen LogP contribution is -2.23. The van der Waals surface area contributed by atoms with Gasteiger partial charge in [-0.15, -0.1) is 0 Å². The normalized spacial score (nSPS) is 11.1. The van der Waals surface area contributed by atoms with Crippen LogP contribution in [0, 0.1) is 0 Å². The van der Waals surface area contributed by atoms with Gasteiger partial charge in [-0.2, -0.15) is 0 Å². The van der Waals surface area contributed by atoms with Gasteiger partial charge in [-0.05, 0) is 12.1 Å². The van der Waals surface area contributed by atoms with Crippen molar-refractivity contribution in [2.45, 2.75) is 0 Å². The molecule has 0 aliphatic rings. The number of aliphatic carboxylic acids is 1. The molecule has 0 saturated heterocycles. The molecule has 0 aliphatic heterocycles. The number of anilines is 2. The summed E-state index contributed by atoms with van der Waals surface area (Å²) in [7, 11) is -0.532. The molecule has 0 aromatic heterocycles. The molecule has 0 aliphatic carbocycles. The standard InChI is InChI=1S/C10H13ClN2O4S/c1-13(2)10-7(11)4-3-5-8(10)12-18(16,17)6-9(14)15/h3-5,12H,6H2,1-2H3,(H,14,15). The largest absolute Gasteiger partial charge is 0.480 e. The molecule has 0 atom stereocenters. The lowest BCUT2D eigenvalue weighted by Gasteiger charge is -2.19. The molecule has 0 fully saturated rings. The zero-order valence-corrected chi connectivity index (χ0v) is 11.4. The van der Waals surface area contributed by atoms with Gasteiger partial charge in [0.15, 0.2) is 5.75 Å². The van der Waals surface area contributed by atoms with Crippen LogP contribution in [0.25, 0.3) is 0 Å². The van der Waals surface area contributed by atoms with Crippen molar-refractivity contribution in [2.24, 2.45) is 0 Å². The fourth-order valence-corrected chi connectivity index (χ4v) is 2.66. The lowest BCUT2D eigenvalue weighted by molar-refractivity contribution is -0.134. The molecule has 6 nitrogen and oxygen atoms in total. The van der Waals surface area contributed by atoms with Crippen molar-refractivity contribution in [3.05, 3.63) is 23.2 Å². The number of halogens is 1. The highest BCUT2D eigenvalue weighted by Crippen LogP contribution is 2.32. The molecule has 18 heavy (non-hydrogen) atoms. The van der Waals surface area contributed by atoms with E-state index < -0.39 is 21.7 Å². The fourth-order valence-electron chi connectivity index (χ4n) is 1.42. The first-order valence-electron chi connectivity index (χ1n) is 4.91. The quantitative estimate of drug-likeness (QED) is 0.852. The van der Waals surface area contributed by atoms with Gasteiger partial charge in [-0.1, -0.05) is 17.7 Å². The van der Waals surface area contributed by atoms with Crippen LogP contribution in [-0.2, 0) is 14.8 Å². The Bertz CT molecular complexity index is 557. The minimum Gasteiger partial charge on any atom is -0.480 e. The van der Waals surface area contributed by atoms with Crippen LogP contribution >= 0.6 is 11.6 Å². The number of hydrogen-bond donors (Lipinski definition) is 2. The highest BCUT2D eigenvalue weighted by molar-refractivity contribution is 7.93. The van der Waals surface area contributed by atoms with Gasteiger partial charge in [0.1, 0.15) is 0 Å². The molecule has 1 aromatic rings. The highest BCUT2D eigenvalue weighted by Gasteiger charge is 2.18. The van der Waals surface area contributed by atoms with Crippen molar-refractivity contribution in [1.29, 1.82) is 0 Å². The molecule has 0 unspecified atom stereocenters. The van der Waals surface area contributed by atoms with Crippen LogP contribution in [0.1, 0.15) is 0 Å². The number of para-hydroxylation sites is 1. The van der Waals surface area contributed by atoms with E-state index in [2.05, 4.69) is 4.72 Å². The molecular formula is C10H13ClN2O4S. The van der Waals surface area contributed by atoms with E-state index in [0.29, 0.717) is 10.7 Å². The van der Waals surface area contributed by atoms with Crippen molar-refractivity contribution < 1.29 is 18.3 Å². The number of carboxylic acids is 1. The van der Waals surface area contributed by atoms with Crippen LogP contribution in [-0.4, -0.2) is 39.3 Å². The third kappa shape index (κ3) is 3.78. The number of benzene rings is 1. The van der Waals surface area contributed by atoms with Gasteiger partial charge in [0, 0.05) is 14.1 Å². The van der Waals surface area contributed by atoms with Crippen molar-refractivity contribution in [1.82, 2.24) is 0 Å². The van der Waals surface area contributed by atoms with Crippen LogP contribution in [0.5, 0.6) is 0 Å². The summed E-state index contributed by atoms with van der Waals surface area (Å²) in [5.74, 6) is -2.41. The Morgan fingerprint density at radius 1 is 1.44 bits per heavy atom. The molecule has 0 heterocycles. The number of rotatable bonds is 5. The minimum absolute atomic E-state index is 0.244. The second-order valence-electron chi connectivity index (χ2n) is 3.79. The topological polar surface area (TPSA) is 86.7 Å². The van der Waals surface area contributed by atoms with Gasteiger partial charge < -0.3 is 10.0 Å². The predicted molar refractivity (Wildman–Crippen MR) is 70.8 cm³/mol. The van der Waals surface area contributed by atoms with E-state index in [1.165, 1.54) is 6.07 Å². The van der Waals surface area contributed by atoms with E-state index in [0.717, 1.165) is 0 Å². The molecule has 8 heteroatoms. The predicted octanol–water partition coefficient (Wildman–Crippen LogP) is 1.23. The Morgan fingerprint density at radius 2 is 2.06 bits per heavy atom. The van der Waals surface area contributed by atoms with Crippen LogP contribution < -0.4 is 9.62 Å². The second kappa shape index (κ2) is 5.45. The van der Waals surface area contributed by atoms with Crippen LogP contribution in [0.3, 0.4) is 0 Å². The van der Waals surface area contributed by atoms with Crippen molar-refractivity contribution >= 4 is 39.0 Å². The average Bonchev–Trinajstić information content (AvgIpc) is 2.13. The monoisotopic (exact) mass is 292 g/mol. The maximum absolute atomic E-state index is 11.5. The molecule has 100 valence electrons. The minimum atomic E-state index is -3.94. The summed E-state index contributed by atoms with van der Waals surface area (Å²) in [6, 6.07) is 4.71. The summed E-state index contributed by atoms with van der Waals surface area (Å²) < 4.78 is 25.3. The van der Waals surface area contributed by atoms with E-state index in [9.17, 15) is 13.2 Å². The molecule has 1 aromatic carbocycles. The number of carbonyl (C=O) groups is 1. The average molecular weight is 293 g/mol. The summed E-state index contributed by atoms with van der Waals surface area (Å²) in [6.07, 6.45) is 0. The van der Waals surface area contributed by atoms with Crippen molar-refractivity contribution in [2.75, 3.05) is 29.5 Å². The van der Waals surface area contributed by atoms with Gasteiger partial charge in [0.25, 0.3) is 0 Å². The number of sulfonamides is 1. The highest BCUT2D eigenvalue weighted by atomic mass is 35.5. The number of nitrogens with one attached hydrogen (secondary N) is 1. The Morgan fingerprint density at radius 3 is 2.56 bits per heavy atom. The molecular weight excluding hydrogens is 280 g/mol. The summed E-state index contributed by atoms with van der Waals surface area (Å²) in [5, 5.41) is 8.88. The molecule has 0 radical (unpaired) electrons. The third-order valence-corrected chi connectivity index (χ3v) is 3.48. The molecule has 0 bridgehead atoms. The molecule has 0 spiro atoms. The van der Waals surface area contributed by atoms with E-state index in [4.69, 9.17) is 16.7 Å². The van der Waals surface area contributed by atoms with Crippen LogP contribution in [0.15, 0.2) is 18.2 Å². The summed E-state index contributed by atoms with van der Waals surface area (Å²) in [4.78, 5) is 12.1. The summed E-state index contributed by atoms with van der Waals surface area (Å²) in [6.45, 7) is 0. The van der Waals surface area contributed by atoms with Crippen molar-refractivity contribution in [3.63, 3.8) is 0 Å². The van der Waals surface area contributed by atoms with E-state index >= 15 is 0 Å². The molecule has 0 amide bonds. The third-order valence-electron chi connectivity index (χ3n) is 2.01. The molecule has 0 saturated carbocycles. The van der Waals surface area contributed by atoms with E-state index in [-0.39, 0.29) is 5.69 Å².